The van der Waals surface area contributed by atoms with Gasteiger partial charge in [-0.1, -0.05) is 61.5 Å². The van der Waals surface area contributed by atoms with E-state index >= 15 is 0 Å². The highest BCUT2D eigenvalue weighted by Crippen LogP contribution is 2.34. The fourth-order valence-electron chi connectivity index (χ4n) is 4.07. The first-order valence-corrected chi connectivity index (χ1v) is 13.1. The first kappa shape index (κ1) is 28.5. The number of nitrogens with zero attached hydrogens (tertiary/aromatic N) is 2. The topological polar surface area (TPSA) is 119 Å². The molecular weight excluding hydrogens is 515 g/mol. The summed E-state index contributed by atoms with van der Waals surface area (Å²) in [6.07, 6.45) is 7.12. The van der Waals surface area contributed by atoms with Crippen molar-refractivity contribution in [2.75, 3.05) is 0 Å². The number of aromatic nitrogens is 2. The molecule has 37 heavy (non-hydrogen) atoms. The SMILES string of the molecule is CCCC(N)=O.O=C(O)c1nn(-c2ccccc2Cl)c(Oc2ccc(Cl)cc2)c1CNC1CCCCC1. The Morgan fingerprint density at radius 1 is 1.11 bits per heavy atom. The van der Waals surface area contributed by atoms with Crippen molar-refractivity contribution in [2.24, 2.45) is 5.73 Å². The Bertz CT molecular complexity index is 1190. The number of amides is 1. The minimum atomic E-state index is -1.12. The van der Waals surface area contributed by atoms with Crippen LogP contribution in [0.15, 0.2) is 48.5 Å². The Morgan fingerprint density at radius 3 is 2.35 bits per heavy atom. The van der Waals surface area contributed by atoms with E-state index < -0.39 is 5.97 Å². The third-order valence-electron chi connectivity index (χ3n) is 5.92. The predicted octanol–water partition coefficient (Wildman–Crippen LogP) is 6.36. The molecule has 10 heteroatoms. The summed E-state index contributed by atoms with van der Waals surface area (Å²) in [6, 6.07) is 14.3. The molecule has 198 valence electrons. The zero-order valence-electron chi connectivity index (χ0n) is 20.8. The Balaban J connectivity index is 0.000000568. The van der Waals surface area contributed by atoms with Gasteiger partial charge in [0.1, 0.15) is 5.75 Å². The molecule has 1 aliphatic rings. The Morgan fingerprint density at radius 2 is 1.78 bits per heavy atom. The van der Waals surface area contributed by atoms with Gasteiger partial charge in [0, 0.05) is 24.0 Å². The summed E-state index contributed by atoms with van der Waals surface area (Å²) in [6.45, 7) is 2.25. The second-order valence-corrected chi connectivity index (χ2v) is 9.63. The number of hydrogen-bond acceptors (Lipinski definition) is 5. The number of carbonyl (C=O) groups excluding carboxylic acids is 1. The minimum Gasteiger partial charge on any atom is -0.476 e. The van der Waals surface area contributed by atoms with Crippen molar-refractivity contribution in [3.8, 4) is 17.3 Å². The lowest BCUT2D eigenvalue weighted by molar-refractivity contribution is -0.118. The van der Waals surface area contributed by atoms with E-state index in [1.807, 2.05) is 13.0 Å². The molecule has 0 saturated heterocycles. The standard InChI is InChI=1S/C23H23Cl2N3O3.C4H9NO/c24-15-10-12-17(13-11-15)31-22-18(14-26-16-6-2-1-3-7-16)21(23(29)30)27-28(22)20-9-5-4-8-19(20)25;1-2-3-4(5)6/h4-5,8-13,16,26H,1-3,6-7,14H2,(H,29,30);2-3H2,1H3,(H2,5,6). The number of nitrogens with two attached hydrogens (primary N) is 1. The molecule has 1 saturated carbocycles. The first-order valence-electron chi connectivity index (χ1n) is 12.3. The van der Waals surface area contributed by atoms with Crippen LogP contribution in [-0.2, 0) is 11.3 Å². The molecule has 2 aromatic carbocycles. The van der Waals surface area contributed by atoms with E-state index in [4.69, 9.17) is 33.7 Å². The first-order chi connectivity index (χ1) is 17.8. The van der Waals surface area contributed by atoms with Crippen LogP contribution in [0, 0.1) is 0 Å². The van der Waals surface area contributed by atoms with Gasteiger partial charge in [0.25, 0.3) is 0 Å². The van der Waals surface area contributed by atoms with Gasteiger partial charge in [-0.05, 0) is 55.7 Å². The van der Waals surface area contributed by atoms with Gasteiger partial charge in [-0.25, -0.2) is 4.79 Å². The molecule has 1 heterocycles. The molecule has 0 atom stereocenters. The number of rotatable bonds is 9. The van der Waals surface area contributed by atoms with Crippen LogP contribution in [0.4, 0.5) is 0 Å². The highest BCUT2D eigenvalue weighted by molar-refractivity contribution is 6.32. The number of carboxylic acids is 1. The highest BCUT2D eigenvalue weighted by atomic mass is 35.5. The number of ether oxygens (including phenoxy) is 1. The van der Waals surface area contributed by atoms with E-state index in [1.54, 1.807) is 42.5 Å². The highest BCUT2D eigenvalue weighted by Gasteiger charge is 2.27. The van der Waals surface area contributed by atoms with Gasteiger partial charge in [-0.2, -0.15) is 9.78 Å². The number of aromatic carboxylic acids is 1. The van der Waals surface area contributed by atoms with Crippen molar-refractivity contribution in [1.29, 1.82) is 0 Å². The van der Waals surface area contributed by atoms with Crippen molar-refractivity contribution in [2.45, 2.75) is 64.5 Å². The third kappa shape index (κ3) is 8.21. The molecule has 8 nitrogen and oxygen atoms in total. The maximum atomic E-state index is 12.0. The second kappa shape index (κ2) is 14.0. The van der Waals surface area contributed by atoms with Crippen molar-refractivity contribution >= 4 is 35.1 Å². The molecule has 0 aliphatic heterocycles. The fraction of sp³-hybridized carbons (Fsp3) is 0.370. The van der Waals surface area contributed by atoms with Crippen LogP contribution in [-0.4, -0.2) is 32.8 Å². The quantitative estimate of drug-likeness (QED) is 0.287. The largest absolute Gasteiger partial charge is 0.476 e. The maximum absolute atomic E-state index is 12.0. The number of benzene rings is 2. The summed E-state index contributed by atoms with van der Waals surface area (Å²) in [5, 5.41) is 18.7. The van der Waals surface area contributed by atoms with Crippen LogP contribution < -0.4 is 15.8 Å². The molecule has 0 bridgehead atoms. The lowest BCUT2D eigenvalue weighted by Gasteiger charge is -2.23. The maximum Gasteiger partial charge on any atom is 0.356 e. The lowest BCUT2D eigenvalue weighted by atomic mass is 9.95. The van der Waals surface area contributed by atoms with Crippen molar-refractivity contribution in [3.63, 3.8) is 0 Å². The normalized spacial score (nSPS) is 13.5. The number of carboxylic acid groups (broad SMARTS) is 1. The van der Waals surface area contributed by atoms with Gasteiger partial charge < -0.3 is 20.9 Å². The Labute approximate surface area is 226 Å². The van der Waals surface area contributed by atoms with Gasteiger partial charge in [0.2, 0.25) is 11.8 Å². The smallest absolute Gasteiger partial charge is 0.356 e. The molecule has 0 unspecified atom stereocenters. The van der Waals surface area contributed by atoms with Crippen LogP contribution in [0.2, 0.25) is 10.0 Å². The van der Waals surface area contributed by atoms with E-state index in [-0.39, 0.29) is 11.6 Å². The average Bonchev–Trinajstić information content (AvgIpc) is 3.23. The van der Waals surface area contributed by atoms with Crippen LogP contribution >= 0.6 is 23.2 Å². The van der Waals surface area contributed by atoms with Gasteiger partial charge in [0.15, 0.2) is 5.69 Å². The number of para-hydroxylation sites is 1. The average molecular weight is 547 g/mol. The van der Waals surface area contributed by atoms with Crippen LogP contribution in [0.3, 0.4) is 0 Å². The summed E-state index contributed by atoms with van der Waals surface area (Å²) in [5.41, 5.74) is 5.72. The van der Waals surface area contributed by atoms with E-state index in [2.05, 4.69) is 10.4 Å². The molecule has 1 aromatic heterocycles. The number of hydrogen-bond donors (Lipinski definition) is 3. The van der Waals surface area contributed by atoms with Gasteiger partial charge in [-0.15, -0.1) is 0 Å². The molecule has 3 aromatic rings. The minimum absolute atomic E-state index is 0.0628. The van der Waals surface area contributed by atoms with Crippen molar-refractivity contribution < 1.29 is 19.4 Å². The van der Waals surface area contributed by atoms with E-state index in [0.717, 1.165) is 19.3 Å². The molecule has 1 amide bonds. The number of nitrogens with one attached hydrogen (secondary N) is 1. The number of primary amides is 1. The van der Waals surface area contributed by atoms with E-state index in [0.29, 0.717) is 51.9 Å². The zero-order chi connectivity index (χ0) is 26.8. The third-order valence-corrected chi connectivity index (χ3v) is 6.49. The summed E-state index contributed by atoms with van der Waals surface area (Å²) in [5.74, 6) is -0.491. The molecule has 4 N–H and O–H groups in total. The molecule has 4 rings (SSSR count). The van der Waals surface area contributed by atoms with Gasteiger partial charge in [-0.3, -0.25) is 4.79 Å². The van der Waals surface area contributed by atoms with Crippen LogP contribution in [0.1, 0.15) is 67.9 Å². The van der Waals surface area contributed by atoms with Gasteiger partial charge >= 0.3 is 5.97 Å². The number of carbonyl (C=O) groups is 2. The van der Waals surface area contributed by atoms with E-state index in [9.17, 15) is 14.7 Å². The Hall–Kier alpha value is -3.07. The zero-order valence-corrected chi connectivity index (χ0v) is 22.3. The fourth-order valence-corrected chi connectivity index (χ4v) is 4.41. The number of halogens is 2. The Kier molecular flexibility index (Phi) is 10.8. The second-order valence-electron chi connectivity index (χ2n) is 8.79. The molecule has 1 aliphatic carbocycles. The van der Waals surface area contributed by atoms with Crippen molar-refractivity contribution in [1.82, 2.24) is 15.1 Å². The van der Waals surface area contributed by atoms with Crippen LogP contribution in [0.5, 0.6) is 11.6 Å². The van der Waals surface area contributed by atoms with Crippen LogP contribution in [0.25, 0.3) is 5.69 Å². The molecule has 0 spiro atoms. The van der Waals surface area contributed by atoms with Gasteiger partial charge in [0.05, 0.1) is 16.3 Å². The molecule has 1 fully saturated rings. The summed E-state index contributed by atoms with van der Waals surface area (Å²) < 4.78 is 7.61. The summed E-state index contributed by atoms with van der Waals surface area (Å²) in [7, 11) is 0. The predicted molar refractivity (Wildman–Crippen MR) is 145 cm³/mol. The monoisotopic (exact) mass is 546 g/mol. The molecular formula is C27H32Cl2N4O4. The van der Waals surface area contributed by atoms with E-state index in [1.165, 1.54) is 23.9 Å². The molecule has 0 radical (unpaired) electrons. The summed E-state index contributed by atoms with van der Waals surface area (Å²) >= 11 is 12.4. The summed E-state index contributed by atoms with van der Waals surface area (Å²) in [4.78, 5) is 21.9. The lowest BCUT2D eigenvalue weighted by Crippen LogP contribution is -2.31. The van der Waals surface area contributed by atoms with Crippen molar-refractivity contribution in [3.05, 3.63) is 69.8 Å².